The molecule has 22 heavy (non-hydrogen) atoms. The summed E-state index contributed by atoms with van der Waals surface area (Å²) in [6.45, 7) is 4.21. The van der Waals surface area contributed by atoms with Gasteiger partial charge < -0.3 is 10.1 Å². The number of benzene rings is 1. The van der Waals surface area contributed by atoms with E-state index in [0.717, 1.165) is 31.7 Å². The van der Waals surface area contributed by atoms with E-state index in [1.807, 2.05) is 12.1 Å². The summed E-state index contributed by atoms with van der Waals surface area (Å²) in [5.74, 6) is 1.10. The average molecular weight is 302 g/mol. The van der Waals surface area contributed by atoms with Crippen molar-refractivity contribution in [3.8, 4) is 5.75 Å². The summed E-state index contributed by atoms with van der Waals surface area (Å²) >= 11 is 0. The Labute approximate surface area is 132 Å². The highest BCUT2D eigenvalue weighted by atomic mass is 16.5. The van der Waals surface area contributed by atoms with Crippen LogP contribution in [-0.4, -0.2) is 36.0 Å². The van der Waals surface area contributed by atoms with Gasteiger partial charge in [-0.3, -0.25) is 9.69 Å². The molecule has 4 nitrogen and oxygen atoms in total. The molecule has 4 heteroatoms. The van der Waals surface area contributed by atoms with Crippen molar-refractivity contribution >= 4 is 5.91 Å². The summed E-state index contributed by atoms with van der Waals surface area (Å²) in [6.07, 6.45) is 5.83. The van der Waals surface area contributed by atoms with E-state index in [-0.39, 0.29) is 5.91 Å². The third-order valence-electron chi connectivity index (χ3n) is 4.65. The molecule has 1 amide bonds. The first-order valence-electron chi connectivity index (χ1n) is 8.51. The molecule has 1 saturated heterocycles. The number of nitrogens with zero attached hydrogens (tertiary/aromatic N) is 1. The van der Waals surface area contributed by atoms with Crippen LogP contribution in [0.1, 0.15) is 44.6 Å². The molecule has 3 rings (SSSR count). The molecule has 2 fully saturated rings. The lowest BCUT2D eigenvalue weighted by molar-refractivity contribution is -0.128. The monoisotopic (exact) mass is 302 g/mol. The van der Waals surface area contributed by atoms with E-state index in [9.17, 15) is 4.79 Å². The van der Waals surface area contributed by atoms with E-state index in [1.54, 1.807) is 0 Å². The first-order chi connectivity index (χ1) is 10.8. The highest BCUT2D eigenvalue weighted by Crippen LogP contribution is 2.27. The lowest BCUT2D eigenvalue weighted by atomic mass is 9.87. The van der Waals surface area contributed by atoms with E-state index >= 15 is 0 Å². The van der Waals surface area contributed by atoms with Gasteiger partial charge in [-0.05, 0) is 37.0 Å². The molecule has 1 aliphatic heterocycles. The number of fused-ring (bicyclic) bond motifs is 1. The molecule has 1 N–H and O–H groups in total. The van der Waals surface area contributed by atoms with Crippen LogP contribution in [0, 0.1) is 0 Å². The summed E-state index contributed by atoms with van der Waals surface area (Å²) in [7, 11) is 0. The van der Waals surface area contributed by atoms with Gasteiger partial charge in [0.25, 0.3) is 0 Å². The van der Waals surface area contributed by atoms with Crippen LogP contribution < -0.4 is 10.1 Å². The van der Waals surface area contributed by atoms with Gasteiger partial charge in [0.15, 0.2) is 0 Å². The van der Waals surface area contributed by atoms with Crippen molar-refractivity contribution in [2.24, 2.45) is 0 Å². The smallest absolute Gasteiger partial charge is 0.234 e. The van der Waals surface area contributed by atoms with E-state index in [4.69, 9.17) is 4.74 Å². The van der Waals surface area contributed by atoms with Crippen LogP contribution >= 0.6 is 0 Å². The van der Waals surface area contributed by atoms with Crippen LogP contribution in [0.15, 0.2) is 24.3 Å². The van der Waals surface area contributed by atoms with Crippen molar-refractivity contribution in [2.75, 3.05) is 13.2 Å². The molecular weight excluding hydrogens is 276 g/mol. The van der Waals surface area contributed by atoms with Crippen molar-refractivity contribution < 1.29 is 9.53 Å². The summed E-state index contributed by atoms with van der Waals surface area (Å²) in [6, 6.07) is 9.12. The number of rotatable bonds is 5. The van der Waals surface area contributed by atoms with Gasteiger partial charge in [-0.1, -0.05) is 31.9 Å². The number of hydrogen-bond donors (Lipinski definition) is 1. The van der Waals surface area contributed by atoms with E-state index in [1.165, 1.54) is 24.8 Å². The molecule has 1 aromatic rings. The fourth-order valence-corrected chi connectivity index (χ4v) is 3.63. The van der Waals surface area contributed by atoms with E-state index in [0.29, 0.717) is 18.6 Å². The fraction of sp³-hybridized carbons (Fsp3) is 0.611. The zero-order chi connectivity index (χ0) is 15.4. The molecule has 120 valence electrons. The van der Waals surface area contributed by atoms with Crippen LogP contribution in [0.4, 0.5) is 0 Å². The minimum absolute atomic E-state index is 0.168. The van der Waals surface area contributed by atoms with E-state index in [2.05, 4.69) is 29.3 Å². The first kappa shape index (κ1) is 15.3. The Morgan fingerprint density at radius 1 is 1.32 bits per heavy atom. The Morgan fingerprint density at radius 3 is 3.05 bits per heavy atom. The molecule has 0 radical (unpaired) electrons. The molecule has 1 saturated carbocycles. The summed E-state index contributed by atoms with van der Waals surface area (Å²) in [5.41, 5.74) is 1.23. The van der Waals surface area contributed by atoms with Gasteiger partial charge in [0.05, 0.1) is 13.2 Å². The molecule has 2 aliphatic rings. The molecular formula is C18H26N2O2. The normalized spacial score (nSPS) is 25.4. The lowest BCUT2D eigenvalue weighted by Crippen LogP contribution is -2.61. The maximum atomic E-state index is 11.9. The molecule has 1 aromatic carbocycles. The Bertz CT molecular complexity index is 518. The minimum Gasteiger partial charge on any atom is -0.494 e. The maximum Gasteiger partial charge on any atom is 0.234 e. The van der Waals surface area contributed by atoms with Crippen molar-refractivity contribution in [3.05, 3.63) is 29.8 Å². The highest BCUT2D eigenvalue weighted by Gasteiger charge is 2.36. The largest absolute Gasteiger partial charge is 0.494 e. The SMILES string of the molecule is CCCOc1cccc(CN2CC(=O)N[C@H]3CCCC[C@H]32)c1. The molecule has 0 unspecified atom stereocenters. The fourth-order valence-electron chi connectivity index (χ4n) is 3.63. The minimum atomic E-state index is 0.168. The summed E-state index contributed by atoms with van der Waals surface area (Å²) < 4.78 is 5.71. The van der Waals surface area contributed by atoms with Gasteiger partial charge >= 0.3 is 0 Å². The number of amides is 1. The van der Waals surface area contributed by atoms with Crippen LogP contribution in [0.25, 0.3) is 0 Å². The summed E-state index contributed by atoms with van der Waals surface area (Å²) in [5, 5.41) is 3.17. The molecule has 2 atom stereocenters. The predicted octanol–water partition coefficient (Wildman–Crippen LogP) is 2.72. The Hall–Kier alpha value is -1.55. The van der Waals surface area contributed by atoms with Gasteiger partial charge in [-0.2, -0.15) is 0 Å². The third-order valence-corrected chi connectivity index (χ3v) is 4.65. The molecule has 1 heterocycles. The Kier molecular flexibility index (Phi) is 4.98. The zero-order valence-corrected chi connectivity index (χ0v) is 13.4. The van der Waals surface area contributed by atoms with Crippen LogP contribution in [0.5, 0.6) is 5.75 Å². The van der Waals surface area contributed by atoms with Crippen LogP contribution in [-0.2, 0) is 11.3 Å². The quantitative estimate of drug-likeness (QED) is 0.909. The van der Waals surface area contributed by atoms with Crippen LogP contribution in [0.3, 0.4) is 0 Å². The zero-order valence-electron chi connectivity index (χ0n) is 13.4. The second-order valence-electron chi connectivity index (χ2n) is 6.43. The van der Waals surface area contributed by atoms with Gasteiger partial charge in [0, 0.05) is 18.6 Å². The van der Waals surface area contributed by atoms with Gasteiger partial charge in [0.1, 0.15) is 5.75 Å². The van der Waals surface area contributed by atoms with Crippen molar-refractivity contribution in [2.45, 2.75) is 57.7 Å². The summed E-state index contributed by atoms with van der Waals surface area (Å²) in [4.78, 5) is 14.3. The molecule has 0 spiro atoms. The first-order valence-corrected chi connectivity index (χ1v) is 8.51. The van der Waals surface area contributed by atoms with E-state index < -0.39 is 0 Å². The number of carbonyl (C=O) groups excluding carboxylic acids is 1. The van der Waals surface area contributed by atoms with Gasteiger partial charge in [0.2, 0.25) is 5.91 Å². The molecule has 0 aromatic heterocycles. The number of nitrogens with one attached hydrogen (secondary N) is 1. The topological polar surface area (TPSA) is 41.6 Å². The number of ether oxygens (including phenoxy) is 1. The maximum absolute atomic E-state index is 11.9. The standard InChI is InChI=1S/C18H26N2O2/c1-2-10-22-15-7-5-6-14(11-15)12-20-13-18(21)19-16-8-3-4-9-17(16)20/h5-7,11,16-17H,2-4,8-10,12-13H2,1H3,(H,19,21)/t16-,17+/m0/s1. The number of carbonyl (C=O) groups is 1. The highest BCUT2D eigenvalue weighted by molar-refractivity contribution is 5.79. The lowest BCUT2D eigenvalue weighted by Gasteiger charge is -2.44. The van der Waals surface area contributed by atoms with Crippen molar-refractivity contribution in [1.82, 2.24) is 10.2 Å². The van der Waals surface area contributed by atoms with Gasteiger partial charge in [-0.25, -0.2) is 0 Å². The number of piperazine rings is 1. The second kappa shape index (κ2) is 7.14. The third kappa shape index (κ3) is 3.61. The average Bonchev–Trinajstić information content (AvgIpc) is 2.53. The van der Waals surface area contributed by atoms with Crippen molar-refractivity contribution in [3.63, 3.8) is 0 Å². The Balaban J connectivity index is 1.69. The van der Waals surface area contributed by atoms with Gasteiger partial charge in [-0.15, -0.1) is 0 Å². The molecule has 0 bridgehead atoms. The predicted molar refractivity (Wildman–Crippen MR) is 86.8 cm³/mol. The van der Waals surface area contributed by atoms with Crippen LogP contribution in [0.2, 0.25) is 0 Å². The Morgan fingerprint density at radius 2 is 2.18 bits per heavy atom. The number of hydrogen-bond acceptors (Lipinski definition) is 3. The second-order valence-corrected chi connectivity index (χ2v) is 6.43. The molecule has 1 aliphatic carbocycles. The van der Waals surface area contributed by atoms with Crippen molar-refractivity contribution in [1.29, 1.82) is 0 Å².